The minimum Gasteiger partial charge on any atom is -0.341 e. The zero-order valence-corrected chi connectivity index (χ0v) is 9.12. The summed E-state index contributed by atoms with van der Waals surface area (Å²) in [6, 6.07) is 5.01. The summed E-state index contributed by atoms with van der Waals surface area (Å²) in [5, 5.41) is 6.09. The quantitative estimate of drug-likeness (QED) is 0.809. The number of amides is 2. The summed E-state index contributed by atoms with van der Waals surface area (Å²) in [4.78, 5) is 10.9. The van der Waals surface area contributed by atoms with E-state index in [-0.39, 0.29) is 6.03 Å². The standard InChI is InChI=1S/C9H10Cl2N2O/c1-12-9(14)13-5-6-2-3-7(10)8(11)4-6/h2-4H,5H2,1H3,(H2,12,13,14). The Bertz CT molecular complexity index is 342. The molecule has 0 saturated heterocycles. The van der Waals surface area contributed by atoms with Crippen LogP contribution in [-0.4, -0.2) is 13.1 Å². The van der Waals surface area contributed by atoms with Crippen LogP contribution in [0.3, 0.4) is 0 Å². The molecule has 0 aliphatic carbocycles. The molecule has 0 saturated carbocycles. The highest BCUT2D eigenvalue weighted by Gasteiger charge is 2.00. The second kappa shape index (κ2) is 5.08. The van der Waals surface area contributed by atoms with Crippen molar-refractivity contribution in [2.75, 3.05) is 7.05 Å². The lowest BCUT2D eigenvalue weighted by Crippen LogP contribution is -2.32. The molecule has 0 atom stereocenters. The fraction of sp³-hybridized carbons (Fsp3) is 0.222. The van der Waals surface area contributed by atoms with E-state index in [0.29, 0.717) is 16.6 Å². The van der Waals surface area contributed by atoms with E-state index < -0.39 is 0 Å². The first-order chi connectivity index (χ1) is 6.63. The van der Waals surface area contributed by atoms with Crippen molar-refractivity contribution >= 4 is 29.2 Å². The van der Waals surface area contributed by atoms with E-state index in [1.54, 1.807) is 19.2 Å². The van der Waals surface area contributed by atoms with E-state index in [1.807, 2.05) is 6.07 Å². The monoisotopic (exact) mass is 232 g/mol. The molecular formula is C9H10Cl2N2O. The van der Waals surface area contributed by atoms with Crippen LogP contribution in [-0.2, 0) is 6.54 Å². The molecular weight excluding hydrogens is 223 g/mol. The van der Waals surface area contributed by atoms with Crippen LogP contribution in [0.25, 0.3) is 0 Å². The van der Waals surface area contributed by atoms with Crippen LogP contribution < -0.4 is 10.6 Å². The molecule has 3 nitrogen and oxygen atoms in total. The molecule has 1 aromatic rings. The summed E-state index contributed by atoms with van der Waals surface area (Å²) in [5.41, 5.74) is 0.906. The Kier molecular flexibility index (Phi) is 4.04. The van der Waals surface area contributed by atoms with E-state index in [4.69, 9.17) is 23.2 Å². The molecule has 0 bridgehead atoms. The molecule has 1 rings (SSSR count). The van der Waals surface area contributed by atoms with E-state index in [2.05, 4.69) is 10.6 Å². The van der Waals surface area contributed by atoms with Gasteiger partial charge in [-0.1, -0.05) is 29.3 Å². The molecule has 5 heteroatoms. The number of nitrogens with one attached hydrogen (secondary N) is 2. The van der Waals surface area contributed by atoms with Crippen LogP contribution in [0.4, 0.5) is 4.79 Å². The van der Waals surface area contributed by atoms with E-state index in [0.717, 1.165) is 5.56 Å². The van der Waals surface area contributed by atoms with E-state index in [9.17, 15) is 4.79 Å². The van der Waals surface area contributed by atoms with Gasteiger partial charge < -0.3 is 10.6 Å². The molecule has 0 heterocycles. The van der Waals surface area contributed by atoms with Gasteiger partial charge in [0.25, 0.3) is 0 Å². The van der Waals surface area contributed by atoms with Gasteiger partial charge in [-0.3, -0.25) is 0 Å². The average Bonchev–Trinajstić information content (AvgIpc) is 2.19. The first-order valence-electron chi connectivity index (χ1n) is 4.03. The molecule has 0 aliphatic rings. The number of rotatable bonds is 2. The SMILES string of the molecule is CNC(=O)NCc1ccc(Cl)c(Cl)c1. The van der Waals surface area contributed by atoms with Crippen molar-refractivity contribution in [2.45, 2.75) is 6.54 Å². The number of hydrogen-bond acceptors (Lipinski definition) is 1. The highest BCUT2D eigenvalue weighted by atomic mass is 35.5. The summed E-state index contributed by atoms with van der Waals surface area (Å²) < 4.78 is 0. The number of carbonyl (C=O) groups is 1. The van der Waals surface area contributed by atoms with Crippen molar-refractivity contribution < 1.29 is 4.79 Å². The molecule has 0 aliphatic heterocycles. The maximum absolute atomic E-state index is 10.9. The maximum atomic E-state index is 10.9. The number of hydrogen-bond donors (Lipinski definition) is 2. The minimum atomic E-state index is -0.226. The summed E-state index contributed by atoms with van der Waals surface area (Å²) in [6.07, 6.45) is 0. The Morgan fingerprint density at radius 1 is 1.36 bits per heavy atom. The van der Waals surface area contributed by atoms with Crippen LogP contribution in [0, 0.1) is 0 Å². The summed E-state index contributed by atoms with van der Waals surface area (Å²) >= 11 is 11.5. The van der Waals surface area contributed by atoms with Gasteiger partial charge in [-0.05, 0) is 17.7 Å². The lowest BCUT2D eigenvalue weighted by atomic mass is 10.2. The largest absolute Gasteiger partial charge is 0.341 e. The van der Waals surface area contributed by atoms with E-state index >= 15 is 0 Å². The Morgan fingerprint density at radius 3 is 2.64 bits per heavy atom. The lowest BCUT2D eigenvalue weighted by molar-refractivity contribution is 0.242. The van der Waals surface area contributed by atoms with Crippen molar-refractivity contribution in [1.82, 2.24) is 10.6 Å². The third kappa shape index (κ3) is 3.09. The van der Waals surface area contributed by atoms with E-state index in [1.165, 1.54) is 0 Å². The second-order valence-electron chi connectivity index (χ2n) is 2.68. The predicted molar refractivity (Wildman–Crippen MR) is 57.8 cm³/mol. The van der Waals surface area contributed by atoms with Gasteiger partial charge in [-0.2, -0.15) is 0 Å². The summed E-state index contributed by atoms with van der Waals surface area (Å²) in [6.45, 7) is 0.427. The molecule has 0 fully saturated rings. The van der Waals surface area contributed by atoms with Crippen LogP contribution in [0.15, 0.2) is 18.2 Å². The molecule has 0 aromatic heterocycles. The van der Waals surface area contributed by atoms with Gasteiger partial charge in [0.1, 0.15) is 0 Å². The summed E-state index contributed by atoms with van der Waals surface area (Å²) in [5.74, 6) is 0. The second-order valence-corrected chi connectivity index (χ2v) is 3.50. The molecule has 0 radical (unpaired) electrons. The average molecular weight is 233 g/mol. The normalized spacial score (nSPS) is 9.64. The van der Waals surface area contributed by atoms with Crippen LogP contribution in [0.5, 0.6) is 0 Å². The van der Waals surface area contributed by atoms with Crippen LogP contribution in [0.1, 0.15) is 5.56 Å². The van der Waals surface area contributed by atoms with Gasteiger partial charge in [0, 0.05) is 13.6 Å². The molecule has 2 amide bonds. The van der Waals surface area contributed by atoms with Crippen molar-refractivity contribution in [1.29, 1.82) is 0 Å². The van der Waals surface area contributed by atoms with Crippen molar-refractivity contribution in [3.05, 3.63) is 33.8 Å². The Hall–Kier alpha value is -0.930. The molecule has 1 aromatic carbocycles. The fourth-order valence-electron chi connectivity index (χ4n) is 0.920. The minimum absolute atomic E-state index is 0.226. The van der Waals surface area contributed by atoms with Gasteiger partial charge >= 0.3 is 6.03 Å². The molecule has 2 N–H and O–H groups in total. The van der Waals surface area contributed by atoms with Gasteiger partial charge in [-0.25, -0.2) is 4.79 Å². The van der Waals surface area contributed by atoms with Gasteiger partial charge in [0.05, 0.1) is 10.0 Å². The Labute approximate surface area is 92.4 Å². The summed E-state index contributed by atoms with van der Waals surface area (Å²) in [7, 11) is 1.56. The fourth-order valence-corrected chi connectivity index (χ4v) is 1.24. The van der Waals surface area contributed by atoms with Crippen molar-refractivity contribution in [3.63, 3.8) is 0 Å². The van der Waals surface area contributed by atoms with Gasteiger partial charge in [0.15, 0.2) is 0 Å². The topological polar surface area (TPSA) is 41.1 Å². The molecule has 76 valence electrons. The van der Waals surface area contributed by atoms with Gasteiger partial charge in [0.2, 0.25) is 0 Å². The molecule has 0 spiro atoms. The number of benzene rings is 1. The van der Waals surface area contributed by atoms with Crippen molar-refractivity contribution in [3.8, 4) is 0 Å². The Morgan fingerprint density at radius 2 is 2.07 bits per heavy atom. The number of halogens is 2. The first kappa shape index (κ1) is 11.1. The van der Waals surface area contributed by atoms with Crippen molar-refractivity contribution in [2.24, 2.45) is 0 Å². The smallest absolute Gasteiger partial charge is 0.314 e. The zero-order valence-electron chi connectivity index (χ0n) is 7.60. The molecule has 14 heavy (non-hydrogen) atoms. The third-order valence-electron chi connectivity index (χ3n) is 1.66. The van der Waals surface area contributed by atoms with Crippen LogP contribution in [0.2, 0.25) is 10.0 Å². The first-order valence-corrected chi connectivity index (χ1v) is 4.78. The third-order valence-corrected chi connectivity index (χ3v) is 2.40. The van der Waals surface area contributed by atoms with Gasteiger partial charge in [-0.15, -0.1) is 0 Å². The highest BCUT2D eigenvalue weighted by Crippen LogP contribution is 2.22. The number of carbonyl (C=O) groups excluding carboxylic acids is 1. The maximum Gasteiger partial charge on any atom is 0.314 e. The highest BCUT2D eigenvalue weighted by molar-refractivity contribution is 6.42. The predicted octanol–water partition coefficient (Wildman–Crippen LogP) is 2.42. The van der Waals surface area contributed by atoms with Crippen LogP contribution >= 0.6 is 23.2 Å². The lowest BCUT2D eigenvalue weighted by Gasteiger charge is -2.05. The zero-order chi connectivity index (χ0) is 10.6. The molecule has 0 unspecified atom stereocenters. The number of urea groups is 1. The Balaban J connectivity index is 2.60.